The third kappa shape index (κ3) is 3.29. The van der Waals surface area contributed by atoms with Crippen LogP contribution < -0.4 is 5.73 Å². The van der Waals surface area contributed by atoms with Crippen LogP contribution >= 0.6 is 0 Å². The van der Waals surface area contributed by atoms with E-state index in [0.29, 0.717) is 18.9 Å². The van der Waals surface area contributed by atoms with Crippen molar-refractivity contribution >= 4 is 11.9 Å². The molecule has 126 valence electrons. The van der Waals surface area contributed by atoms with Gasteiger partial charge in [-0.3, -0.25) is 4.90 Å². The highest BCUT2D eigenvalue weighted by Gasteiger charge is 2.28. The number of nitrogens with zero attached hydrogens (tertiary/aromatic N) is 3. The van der Waals surface area contributed by atoms with E-state index in [1.807, 2.05) is 39.0 Å². The van der Waals surface area contributed by atoms with E-state index in [0.717, 1.165) is 22.9 Å². The normalized spacial score (nSPS) is 13.8. The third-order valence-electron chi connectivity index (χ3n) is 3.61. The molecule has 0 spiro atoms. The van der Waals surface area contributed by atoms with Crippen LogP contribution in [0.5, 0.6) is 0 Å². The van der Waals surface area contributed by atoms with Crippen molar-refractivity contribution in [2.24, 2.45) is 0 Å². The van der Waals surface area contributed by atoms with E-state index in [1.54, 1.807) is 4.90 Å². The number of hydrogen-bond donors (Lipinski definition) is 1. The second-order valence-corrected chi connectivity index (χ2v) is 6.75. The Morgan fingerprint density at radius 3 is 2.67 bits per heavy atom. The van der Waals surface area contributed by atoms with Crippen LogP contribution in [0.25, 0.3) is 11.4 Å². The predicted molar refractivity (Wildman–Crippen MR) is 87.3 cm³/mol. The summed E-state index contributed by atoms with van der Waals surface area (Å²) in [4.78, 5) is 21.7. The Morgan fingerprint density at radius 1 is 1.29 bits per heavy atom. The second kappa shape index (κ2) is 5.74. The Labute approximate surface area is 139 Å². The van der Waals surface area contributed by atoms with Crippen molar-refractivity contribution in [2.45, 2.75) is 39.5 Å². The lowest BCUT2D eigenvalue weighted by Gasteiger charge is -2.24. The number of aromatic nitrogens is 2. The lowest BCUT2D eigenvalue weighted by atomic mass is 10.1. The molecule has 1 aromatic heterocycles. The first kappa shape index (κ1) is 16.2. The number of nitrogen functional groups attached to an aromatic ring is 1. The summed E-state index contributed by atoms with van der Waals surface area (Å²) in [6.45, 7) is 6.46. The number of nitrogens with two attached hydrogens (primary N) is 1. The number of fused-ring (bicyclic) bond motifs is 1. The molecular formula is C17H19FN4O2. The highest BCUT2D eigenvalue weighted by Crippen LogP contribution is 2.28. The molecule has 6 nitrogen and oxygen atoms in total. The fraction of sp³-hybridized carbons (Fsp3) is 0.353. The van der Waals surface area contributed by atoms with Crippen LogP contribution in [-0.4, -0.2) is 26.6 Å². The van der Waals surface area contributed by atoms with E-state index in [9.17, 15) is 9.18 Å². The maximum Gasteiger partial charge on any atom is 0.410 e. The van der Waals surface area contributed by atoms with Crippen molar-refractivity contribution in [1.29, 1.82) is 0 Å². The molecule has 0 saturated carbocycles. The third-order valence-corrected chi connectivity index (χ3v) is 3.61. The summed E-state index contributed by atoms with van der Waals surface area (Å²) in [5, 5.41) is 0. The minimum absolute atomic E-state index is 0.184. The zero-order valence-corrected chi connectivity index (χ0v) is 13.8. The number of anilines is 1. The van der Waals surface area contributed by atoms with E-state index in [2.05, 4.69) is 9.97 Å². The van der Waals surface area contributed by atoms with Gasteiger partial charge < -0.3 is 10.5 Å². The first-order valence-corrected chi connectivity index (χ1v) is 7.61. The Hall–Kier alpha value is -2.70. The predicted octanol–water partition coefficient (Wildman–Crippen LogP) is 3.12. The molecule has 0 fully saturated rings. The van der Waals surface area contributed by atoms with Crippen molar-refractivity contribution in [3.63, 3.8) is 0 Å². The fourth-order valence-corrected chi connectivity index (χ4v) is 2.51. The van der Waals surface area contributed by atoms with Gasteiger partial charge in [-0.05, 0) is 38.0 Å². The van der Waals surface area contributed by atoms with Crippen LogP contribution in [0, 0.1) is 5.82 Å². The maximum atomic E-state index is 13.2. The molecular weight excluding hydrogens is 311 g/mol. The molecule has 2 N–H and O–H groups in total. The molecule has 0 radical (unpaired) electrons. The van der Waals surface area contributed by atoms with E-state index >= 15 is 0 Å². The molecule has 0 atom stereocenters. The summed E-state index contributed by atoms with van der Waals surface area (Å²) < 4.78 is 18.6. The zero-order valence-electron chi connectivity index (χ0n) is 13.8. The molecule has 1 amide bonds. The summed E-state index contributed by atoms with van der Waals surface area (Å²) in [5.74, 6) is -0.473. The lowest BCUT2D eigenvalue weighted by molar-refractivity contribution is 0.0242. The van der Waals surface area contributed by atoms with Gasteiger partial charge in [0, 0.05) is 18.7 Å². The van der Waals surface area contributed by atoms with Crippen LogP contribution in [-0.2, 0) is 17.8 Å². The molecule has 1 aliphatic heterocycles. The van der Waals surface area contributed by atoms with Crippen molar-refractivity contribution in [2.75, 3.05) is 5.73 Å². The van der Waals surface area contributed by atoms with E-state index in [1.165, 1.54) is 0 Å². The summed E-state index contributed by atoms with van der Waals surface area (Å²) in [6.07, 6.45) is 0.709. The van der Waals surface area contributed by atoms with E-state index in [4.69, 9.17) is 10.5 Å². The SMILES string of the molecule is CC(C)(C)OC(=O)N1Cc2ccc(-c3ncc(F)c(N)n3)cc2C1. The number of halogens is 1. The second-order valence-electron chi connectivity index (χ2n) is 6.75. The van der Waals surface area contributed by atoms with Crippen LogP contribution in [0.3, 0.4) is 0 Å². The molecule has 0 aliphatic carbocycles. The molecule has 2 aromatic rings. The standard InChI is InChI=1S/C17H19FN4O2/c1-17(2,3)24-16(23)22-8-11-5-4-10(6-12(11)9-22)15-20-7-13(18)14(19)21-15/h4-7H,8-9H2,1-3H3,(H2,19,20,21). The molecule has 0 bridgehead atoms. The van der Waals surface area contributed by atoms with Gasteiger partial charge in [0.1, 0.15) is 5.60 Å². The summed E-state index contributed by atoms with van der Waals surface area (Å²) >= 11 is 0. The molecule has 7 heteroatoms. The molecule has 1 aliphatic rings. The van der Waals surface area contributed by atoms with E-state index < -0.39 is 11.4 Å². The Kier molecular flexibility index (Phi) is 3.87. The van der Waals surface area contributed by atoms with E-state index in [-0.39, 0.29) is 11.9 Å². The molecule has 3 rings (SSSR count). The first-order valence-electron chi connectivity index (χ1n) is 7.61. The van der Waals surface area contributed by atoms with Crippen LogP contribution in [0.1, 0.15) is 31.9 Å². The van der Waals surface area contributed by atoms with Gasteiger partial charge in [-0.15, -0.1) is 0 Å². The Bertz CT molecular complexity index is 802. The Balaban J connectivity index is 1.81. The maximum absolute atomic E-state index is 13.2. The van der Waals surface area contributed by atoms with Gasteiger partial charge in [-0.2, -0.15) is 0 Å². The summed E-state index contributed by atoms with van der Waals surface area (Å²) in [5.41, 5.74) is 7.72. The summed E-state index contributed by atoms with van der Waals surface area (Å²) in [7, 11) is 0. The number of hydrogen-bond acceptors (Lipinski definition) is 5. The number of amides is 1. The van der Waals surface area contributed by atoms with Crippen molar-refractivity contribution in [3.8, 4) is 11.4 Å². The molecule has 1 aromatic carbocycles. The lowest BCUT2D eigenvalue weighted by Crippen LogP contribution is -2.33. The van der Waals surface area contributed by atoms with Gasteiger partial charge in [0.2, 0.25) is 0 Å². The number of carbonyl (C=O) groups excluding carboxylic acids is 1. The highest BCUT2D eigenvalue weighted by molar-refractivity contribution is 5.70. The largest absolute Gasteiger partial charge is 0.444 e. The van der Waals surface area contributed by atoms with Crippen LogP contribution in [0.4, 0.5) is 15.0 Å². The van der Waals surface area contributed by atoms with Crippen LogP contribution in [0.15, 0.2) is 24.4 Å². The number of benzene rings is 1. The van der Waals surface area contributed by atoms with Gasteiger partial charge >= 0.3 is 6.09 Å². The van der Waals surface area contributed by atoms with Crippen molar-refractivity contribution in [1.82, 2.24) is 14.9 Å². The molecule has 24 heavy (non-hydrogen) atoms. The smallest absolute Gasteiger partial charge is 0.410 e. The number of carbonyl (C=O) groups is 1. The fourth-order valence-electron chi connectivity index (χ4n) is 2.51. The van der Waals surface area contributed by atoms with Gasteiger partial charge in [-0.1, -0.05) is 12.1 Å². The van der Waals surface area contributed by atoms with Crippen molar-refractivity contribution in [3.05, 3.63) is 41.3 Å². The zero-order chi connectivity index (χ0) is 17.5. The summed E-state index contributed by atoms with van der Waals surface area (Å²) in [6, 6.07) is 5.65. The molecule has 0 unspecified atom stereocenters. The molecule has 2 heterocycles. The first-order chi connectivity index (χ1) is 11.2. The van der Waals surface area contributed by atoms with Gasteiger partial charge in [0.15, 0.2) is 17.5 Å². The quantitative estimate of drug-likeness (QED) is 0.869. The van der Waals surface area contributed by atoms with Gasteiger partial charge in [0.25, 0.3) is 0 Å². The van der Waals surface area contributed by atoms with Gasteiger partial charge in [-0.25, -0.2) is 19.2 Å². The Morgan fingerprint density at radius 2 is 2.00 bits per heavy atom. The monoisotopic (exact) mass is 330 g/mol. The molecule has 0 saturated heterocycles. The average Bonchev–Trinajstić information content (AvgIpc) is 2.91. The average molecular weight is 330 g/mol. The minimum atomic E-state index is -0.643. The number of ether oxygens (including phenoxy) is 1. The number of rotatable bonds is 1. The topological polar surface area (TPSA) is 81.3 Å². The van der Waals surface area contributed by atoms with Crippen LogP contribution in [0.2, 0.25) is 0 Å². The minimum Gasteiger partial charge on any atom is -0.444 e. The van der Waals surface area contributed by atoms with Gasteiger partial charge in [0.05, 0.1) is 6.20 Å². The van der Waals surface area contributed by atoms with Crippen molar-refractivity contribution < 1.29 is 13.9 Å². The highest BCUT2D eigenvalue weighted by atomic mass is 19.1.